The Labute approximate surface area is 185 Å². The molecule has 5 aromatic heterocycles. The summed E-state index contributed by atoms with van der Waals surface area (Å²) < 4.78 is 2.05. The first-order chi connectivity index (χ1) is 15.7. The molecule has 0 atom stereocenters. The van der Waals surface area contributed by atoms with Crippen LogP contribution in [0.2, 0.25) is 0 Å². The summed E-state index contributed by atoms with van der Waals surface area (Å²) in [6.07, 6.45) is 10.7. The van der Waals surface area contributed by atoms with Gasteiger partial charge in [0.15, 0.2) is 17.3 Å². The van der Waals surface area contributed by atoms with Crippen LogP contribution >= 0.6 is 0 Å². The van der Waals surface area contributed by atoms with Crippen molar-refractivity contribution < 1.29 is 0 Å². The standard InChI is InChI=1S/C24H22N8/c1-16(2)32-15-29-21-23(30-22(31-24(21)32)19-4-3-9-26-12-19)28-14-20-6-5-18(13-27-20)17-7-10-25-11-8-17/h3-13,15-16H,14H2,1-2H3,(H,28,30,31). The van der Waals surface area contributed by atoms with Crippen LogP contribution in [0.5, 0.6) is 0 Å². The van der Waals surface area contributed by atoms with E-state index in [0.29, 0.717) is 18.2 Å². The first-order valence-corrected chi connectivity index (χ1v) is 10.4. The number of hydrogen-bond acceptors (Lipinski definition) is 7. The number of hydrogen-bond donors (Lipinski definition) is 1. The Hall–Kier alpha value is -4.20. The van der Waals surface area contributed by atoms with Gasteiger partial charge >= 0.3 is 0 Å². The molecule has 5 rings (SSSR count). The Kier molecular flexibility index (Phi) is 5.25. The second-order valence-electron chi connectivity index (χ2n) is 7.68. The first-order valence-electron chi connectivity index (χ1n) is 10.4. The first kappa shape index (κ1) is 19.7. The van der Waals surface area contributed by atoms with Crippen LogP contribution in [0.1, 0.15) is 25.6 Å². The summed E-state index contributed by atoms with van der Waals surface area (Å²) in [5.74, 6) is 1.28. The van der Waals surface area contributed by atoms with Crippen LogP contribution in [0.15, 0.2) is 73.7 Å². The molecule has 0 saturated carbocycles. The molecule has 0 unspecified atom stereocenters. The predicted molar refractivity (Wildman–Crippen MR) is 124 cm³/mol. The van der Waals surface area contributed by atoms with Crippen LogP contribution in [-0.2, 0) is 6.54 Å². The molecule has 1 N–H and O–H groups in total. The van der Waals surface area contributed by atoms with E-state index in [2.05, 4.69) is 45.2 Å². The monoisotopic (exact) mass is 422 g/mol. The van der Waals surface area contributed by atoms with Gasteiger partial charge in [-0.15, -0.1) is 0 Å². The molecule has 0 saturated heterocycles. The molecule has 32 heavy (non-hydrogen) atoms. The molecule has 0 aromatic carbocycles. The number of rotatable bonds is 6. The van der Waals surface area contributed by atoms with Crippen LogP contribution in [0, 0.1) is 0 Å². The van der Waals surface area contributed by atoms with Gasteiger partial charge in [-0.05, 0) is 49.7 Å². The molecule has 0 fully saturated rings. The Morgan fingerprint density at radius 1 is 0.844 bits per heavy atom. The summed E-state index contributed by atoms with van der Waals surface area (Å²) in [7, 11) is 0. The molecule has 0 spiro atoms. The topological polar surface area (TPSA) is 94.3 Å². The van der Waals surface area contributed by atoms with Crippen LogP contribution in [0.4, 0.5) is 5.82 Å². The number of nitrogens with zero attached hydrogens (tertiary/aromatic N) is 7. The van der Waals surface area contributed by atoms with Crippen LogP contribution in [0.3, 0.4) is 0 Å². The number of imidazole rings is 1. The van der Waals surface area contributed by atoms with Crippen LogP contribution < -0.4 is 5.32 Å². The zero-order valence-electron chi connectivity index (χ0n) is 17.8. The normalized spacial score (nSPS) is 11.2. The number of pyridine rings is 3. The van der Waals surface area contributed by atoms with Gasteiger partial charge in [0, 0.05) is 48.2 Å². The van der Waals surface area contributed by atoms with E-state index in [1.807, 2.05) is 47.4 Å². The van der Waals surface area contributed by atoms with Crippen LogP contribution in [-0.4, -0.2) is 34.5 Å². The fourth-order valence-corrected chi connectivity index (χ4v) is 3.46. The third-order valence-electron chi connectivity index (χ3n) is 5.17. The fourth-order valence-electron chi connectivity index (χ4n) is 3.46. The summed E-state index contributed by atoms with van der Waals surface area (Å²) in [6, 6.07) is 12.1. The van der Waals surface area contributed by atoms with Crippen molar-refractivity contribution in [1.82, 2.24) is 34.5 Å². The summed E-state index contributed by atoms with van der Waals surface area (Å²) in [4.78, 5) is 27.0. The lowest BCUT2D eigenvalue weighted by molar-refractivity contribution is 0.613. The van der Waals surface area contributed by atoms with E-state index >= 15 is 0 Å². The quantitative estimate of drug-likeness (QED) is 0.429. The van der Waals surface area contributed by atoms with Crippen molar-refractivity contribution in [3.05, 3.63) is 79.4 Å². The molecule has 0 bridgehead atoms. The Morgan fingerprint density at radius 2 is 1.72 bits per heavy atom. The number of fused-ring (bicyclic) bond motifs is 1. The summed E-state index contributed by atoms with van der Waals surface area (Å²) in [5, 5.41) is 3.41. The minimum atomic E-state index is 0.229. The van der Waals surface area contributed by atoms with E-state index in [1.54, 1.807) is 24.8 Å². The van der Waals surface area contributed by atoms with Crippen molar-refractivity contribution in [3.8, 4) is 22.5 Å². The molecule has 0 aliphatic carbocycles. The van der Waals surface area contributed by atoms with Crippen molar-refractivity contribution in [2.24, 2.45) is 0 Å². The maximum atomic E-state index is 4.78. The van der Waals surface area contributed by atoms with Gasteiger partial charge in [-0.25, -0.2) is 15.0 Å². The second kappa shape index (κ2) is 8.50. The molecule has 8 nitrogen and oxygen atoms in total. The van der Waals surface area contributed by atoms with Gasteiger partial charge < -0.3 is 9.88 Å². The number of nitrogens with one attached hydrogen (secondary N) is 1. The number of anilines is 1. The summed E-state index contributed by atoms with van der Waals surface area (Å²) >= 11 is 0. The maximum Gasteiger partial charge on any atom is 0.166 e. The molecule has 5 heterocycles. The van der Waals surface area contributed by atoms with E-state index in [1.165, 1.54) is 0 Å². The van der Waals surface area contributed by atoms with E-state index in [0.717, 1.165) is 33.5 Å². The molecule has 8 heteroatoms. The van der Waals surface area contributed by atoms with Gasteiger partial charge in [-0.1, -0.05) is 6.07 Å². The zero-order chi connectivity index (χ0) is 21.9. The maximum absolute atomic E-state index is 4.78. The van der Waals surface area contributed by atoms with E-state index in [-0.39, 0.29) is 6.04 Å². The highest BCUT2D eigenvalue weighted by Gasteiger charge is 2.16. The van der Waals surface area contributed by atoms with Gasteiger partial charge in [0.2, 0.25) is 0 Å². The van der Waals surface area contributed by atoms with E-state index in [4.69, 9.17) is 9.97 Å². The van der Waals surface area contributed by atoms with Crippen molar-refractivity contribution in [3.63, 3.8) is 0 Å². The summed E-state index contributed by atoms with van der Waals surface area (Å²) in [6.45, 7) is 4.73. The second-order valence-corrected chi connectivity index (χ2v) is 7.68. The minimum absolute atomic E-state index is 0.229. The molecule has 0 aliphatic rings. The van der Waals surface area contributed by atoms with Crippen LogP contribution in [0.25, 0.3) is 33.7 Å². The largest absolute Gasteiger partial charge is 0.362 e. The van der Waals surface area contributed by atoms with Gasteiger partial charge in [0.25, 0.3) is 0 Å². The predicted octanol–water partition coefficient (Wildman–Crippen LogP) is 4.54. The average Bonchev–Trinajstić information content (AvgIpc) is 3.28. The lowest BCUT2D eigenvalue weighted by Crippen LogP contribution is -2.07. The molecule has 0 radical (unpaired) electrons. The molecular weight excluding hydrogens is 400 g/mol. The van der Waals surface area contributed by atoms with Gasteiger partial charge in [-0.2, -0.15) is 0 Å². The summed E-state index contributed by atoms with van der Waals surface area (Å²) in [5.41, 5.74) is 5.42. The Bertz CT molecular complexity index is 1330. The smallest absolute Gasteiger partial charge is 0.166 e. The van der Waals surface area contributed by atoms with Crippen molar-refractivity contribution in [2.75, 3.05) is 5.32 Å². The molecule has 5 aromatic rings. The van der Waals surface area contributed by atoms with Crippen molar-refractivity contribution in [2.45, 2.75) is 26.4 Å². The number of aromatic nitrogens is 7. The van der Waals surface area contributed by atoms with Gasteiger partial charge in [0.05, 0.1) is 18.6 Å². The molecule has 0 aliphatic heterocycles. The Balaban J connectivity index is 1.46. The van der Waals surface area contributed by atoms with E-state index in [9.17, 15) is 0 Å². The van der Waals surface area contributed by atoms with Gasteiger partial charge in [0.1, 0.15) is 5.52 Å². The van der Waals surface area contributed by atoms with Gasteiger partial charge in [-0.3, -0.25) is 15.0 Å². The fraction of sp³-hybridized carbons (Fsp3) is 0.167. The third kappa shape index (κ3) is 3.90. The van der Waals surface area contributed by atoms with Crippen molar-refractivity contribution in [1.29, 1.82) is 0 Å². The lowest BCUT2D eigenvalue weighted by Gasteiger charge is -2.11. The highest BCUT2D eigenvalue weighted by molar-refractivity contribution is 5.85. The minimum Gasteiger partial charge on any atom is -0.362 e. The molecular formula is C24H22N8. The zero-order valence-corrected chi connectivity index (χ0v) is 17.8. The molecule has 158 valence electrons. The molecule has 0 amide bonds. The SMILES string of the molecule is CC(C)n1cnc2c(NCc3ccc(-c4ccncc4)cn3)nc(-c3cccnc3)nc21. The Morgan fingerprint density at radius 3 is 2.44 bits per heavy atom. The van der Waals surface area contributed by atoms with E-state index < -0.39 is 0 Å². The highest BCUT2D eigenvalue weighted by atomic mass is 15.2. The highest BCUT2D eigenvalue weighted by Crippen LogP contribution is 2.26. The third-order valence-corrected chi connectivity index (χ3v) is 5.17. The average molecular weight is 422 g/mol. The lowest BCUT2D eigenvalue weighted by atomic mass is 10.1. The van der Waals surface area contributed by atoms with Crippen molar-refractivity contribution >= 4 is 17.0 Å².